The lowest BCUT2D eigenvalue weighted by Crippen LogP contribution is -2.05. The molecule has 0 saturated heterocycles. The van der Waals surface area contributed by atoms with Gasteiger partial charge in [-0.05, 0) is 54.8 Å². The first-order valence-electron chi connectivity index (χ1n) is 7.71. The Morgan fingerprint density at radius 1 is 1.13 bits per heavy atom. The summed E-state index contributed by atoms with van der Waals surface area (Å²) in [5.74, 6) is -0.306. The van der Waals surface area contributed by atoms with Gasteiger partial charge in [-0.25, -0.2) is 4.79 Å². The fraction of sp³-hybridized carbons (Fsp3) is 0.211. The molecule has 0 amide bonds. The number of carbonyl (C=O) groups is 1. The first-order chi connectivity index (χ1) is 11.1. The van der Waals surface area contributed by atoms with E-state index in [0.717, 1.165) is 23.2 Å². The van der Waals surface area contributed by atoms with Crippen molar-refractivity contribution in [2.24, 2.45) is 0 Å². The summed E-state index contributed by atoms with van der Waals surface area (Å²) in [5.41, 5.74) is 4.55. The number of carbonyl (C=O) groups excluding carboxylic acids is 1. The topological polar surface area (TPSA) is 30.7 Å². The number of rotatable bonds is 4. The lowest BCUT2D eigenvalue weighted by molar-refractivity contribution is 0.0527. The molecule has 118 valence electrons. The van der Waals surface area contributed by atoms with Crippen LogP contribution in [0.5, 0.6) is 0 Å². The molecule has 0 aliphatic carbocycles. The van der Waals surface area contributed by atoms with E-state index in [9.17, 15) is 4.79 Å². The highest BCUT2D eigenvalue weighted by Crippen LogP contribution is 2.30. The Kier molecular flexibility index (Phi) is 4.39. The van der Waals surface area contributed by atoms with Crippen LogP contribution in [0.2, 0.25) is 5.02 Å². The Bertz CT molecular complexity index is 850. The molecule has 0 aliphatic heterocycles. The zero-order valence-corrected chi connectivity index (χ0v) is 13.9. The third-order valence-electron chi connectivity index (χ3n) is 3.86. The molecule has 3 nitrogen and oxygen atoms in total. The van der Waals surface area contributed by atoms with Gasteiger partial charge in [0.15, 0.2) is 0 Å². The lowest BCUT2D eigenvalue weighted by Gasteiger charge is -2.08. The van der Waals surface area contributed by atoms with Gasteiger partial charge in [-0.2, -0.15) is 0 Å². The van der Waals surface area contributed by atoms with Crippen molar-refractivity contribution >= 4 is 23.1 Å². The summed E-state index contributed by atoms with van der Waals surface area (Å²) in [5, 5.41) is 0.667. The molecule has 0 saturated carbocycles. The molecule has 0 radical (unpaired) electrons. The number of pyridine rings is 1. The molecule has 3 aromatic rings. The van der Waals surface area contributed by atoms with Crippen LogP contribution < -0.4 is 0 Å². The average molecular weight is 328 g/mol. The van der Waals surface area contributed by atoms with Gasteiger partial charge in [0.1, 0.15) is 0 Å². The van der Waals surface area contributed by atoms with Crippen LogP contribution in [0.1, 0.15) is 29.8 Å². The van der Waals surface area contributed by atoms with Gasteiger partial charge in [0.05, 0.1) is 17.9 Å². The zero-order valence-electron chi connectivity index (χ0n) is 13.2. The number of benzene rings is 1. The highest BCUT2D eigenvalue weighted by atomic mass is 35.5. The van der Waals surface area contributed by atoms with E-state index in [1.165, 1.54) is 5.56 Å². The van der Waals surface area contributed by atoms with E-state index < -0.39 is 0 Å². The van der Waals surface area contributed by atoms with Crippen LogP contribution in [0.25, 0.3) is 16.8 Å². The highest BCUT2D eigenvalue weighted by Gasteiger charge is 2.19. The number of esters is 1. The van der Waals surface area contributed by atoms with Crippen molar-refractivity contribution in [1.29, 1.82) is 0 Å². The SMILES string of the molecule is CCOC(=O)c1cc2cc(CC)ccn2c1-c1ccc(Cl)cc1. The second-order valence-electron chi connectivity index (χ2n) is 5.32. The largest absolute Gasteiger partial charge is 0.462 e. The second kappa shape index (κ2) is 6.47. The zero-order chi connectivity index (χ0) is 16.4. The van der Waals surface area contributed by atoms with Crippen LogP contribution in [0.4, 0.5) is 0 Å². The molecule has 23 heavy (non-hydrogen) atoms. The standard InChI is InChI=1S/C19H18ClNO2/c1-3-13-9-10-21-16(11-13)12-17(19(22)23-4-2)18(21)14-5-7-15(20)8-6-14/h5-12H,3-4H2,1-2H3. The van der Waals surface area contributed by atoms with E-state index in [-0.39, 0.29) is 5.97 Å². The van der Waals surface area contributed by atoms with Crippen LogP contribution in [0.3, 0.4) is 0 Å². The molecule has 0 bridgehead atoms. The predicted octanol–water partition coefficient (Wildman–Crippen LogP) is 5.00. The summed E-state index contributed by atoms with van der Waals surface area (Å²) in [6, 6.07) is 13.5. The van der Waals surface area contributed by atoms with Gasteiger partial charge in [0.2, 0.25) is 0 Å². The third-order valence-corrected chi connectivity index (χ3v) is 4.11. The quantitative estimate of drug-likeness (QED) is 0.631. The molecule has 0 aliphatic rings. The molecule has 0 atom stereocenters. The van der Waals surface area contributed by atoms with Gasteiger partial charge < -0.3 is 9.14 Å². The normalized spacial score (nSPS) is 10.9. The van der Waals surface area contributed by atoms with E-state index >= 15 is 0 Å². The van der Waals surface area contributed by atoms with Gasteiger partial charge in [0.25, 0.3) is 0 Å². The Balaban J connectivity index is 2.24. The molecular formula is C19H18ClNO2. The van der Waals surface area contributed by atoms with Crippen molar-refractivity contribution in [3.8, 4) is 11.3 Å². The maximum atomic E-state index is 12.4. The number of nitrogens with zero attached hydrogens (tertiary/aromatic N) is 1. The molecule has 3 rings (SSSR count). The Hall–Kier alpha value is -2.26. The fourth-order valence-corrected chi connectivity index (χ4v) is 2.84. The summed E-state index contributed by atoms with van der Waals surface area (Å²) in [6.45, 7) is 4.28. The van der Waals surface area contributed by atoms with Crippen molar-refractivity contribution in [3.63, 3.8) is 0 Å². The van der Waals surface area contributed by atoms with Crippen molar-refractivity contribution in [3.05, 3.63) is 64.8 Å². The highest BCUT2D eigenvalue weighted by molar-refractivity contribution is 6.30. The third kappa shape index (κ3) is 2.97. The van der Waals surface area contributed by atoms with E-state index in [1.807, 2.05) is 47.9 Å². The Morgan fingerprint density at radius 3 is 2.52 bits per heavy atom. The number of aryl methyl sites for hydroxylation is 1. The Labute approximate surface area is 140 Å². The molecule has 1 aromatic carbocycles. The van der Waals surface area contributed by atoms with E-state index in [1.54, 1.807) is 0 Å². The monoisotopic (exact) mass is 327 g/mol. The van der Waals surface area contributed by atoms with Crippen molar-refractivity contribution < 1.29 is 9.53 Å². The minimum Gasteiger partial charge on any atom is -0.462 e. The second-order valence-corrected chi connectivity index (χ2v) is 5.75. The van der Waals surface area contributed by atoms with Crippen molar-refractivity contribution in [2.75, 3.05) is 6.61 Å². The van der Waals surface area contributed by atoms with Gasteiger partial charge >= 0.3 is 5.97 Å². The molecule has 4 heteroatoms. The van der Waals surface area contributed by atoms with Gasteiger partial charge in [0, 0.05) is 16.7 Å². The van der Waals surface area contributed by atoms with E-state index in [0.29, 0.717) is 17.2 Å². The number of ether oxygens (including phenoxy) is 1. The summed E-state index contributed by atoms with van der Waals surface area (Å²) in [4.78, 5) is 12.4. The summed E-state index contributed by atoms with van der Waals surface area (Å²) < 4.78 is 7.24. The van der Waals surface area contributed by atoms with Crippen LogP contribution in [0.15, 0.2) is 48.7 Å². The molecule has 0 N–H and O–H groups in total. The molecule has 0 unspecified atom stereocenters. The van der Waals surface area contributed by atoms with E-state index in [2.05, 4.69) is 19.1 Å². The van der Waals surface area contributed by atoms with Gasteiger partial charge in [-0.3, -0.25) is 0 Å². The van der Waals surface area contributed by atoms with Crippen LogP contribution in [-0.2, 0) is 11.2 Å². The van der Waals surface area contributed by atoms with Crippen LogP contribution in [-0.4, -0.2) is 17.0 Å². The summed E-state index contributed by atoms with van der Waals surface area (Å²) in [7, 11) is 0. The Morgan fingerprint density at radius 2 is 1.87 bits per heavy atom. The maximum absolute atomic E-state index is 12.4. The first-order valence-corrected chi connectivity index (χ1v) is 8.09. The number of aromatic nitrogens is 1. The number of hydrogen-bond acceptors (Lipinski definition) is 2. The van der Waals surface area contributed by atoms with Crippen LogP contribution >= 0.6 is 11.6 Å². The summed E-state index contributed by atoms with van der Waals surface area (Å²) in [6.07, 6.45) is 2.95. The average Bonchev–Trinajstić information content (AvgIpc) is 2.94. The van der Waals surface area contributed by atoms with Gasteiger partial charge in [-0.15, -0.1) is 0 Å². The molecular weight excluding hydrogens is 310 g/mol. The molecule has 2 heterocycles. The van der Waals surface area contributed by atoms with Gasteiger partial charge in [-0.1, -0.05) is 30.7 Å². The maximum Gasteiger partial charge on any atom is 0.340 e. The molecule has 0 spiro atoms. The van der Waals surface area contributed by atoms with Crippen LogP contribution in [0, 0.1) is 0 Å². The molecule has 0 fully saturated rings. The first kappa shape index (κ1) is 15.6. The predicted molar refractivity (Wildman–Crippen MR) is 93.2 cm³/mol. The van der Waals surface area contributed by atoms with Crippen molar-refractivity contribution in [1.82, 2.24) is 4.40 Å². The molecule has 2 aromatic heterocycles. The van der Waals surface area contributed by atoms with Crippen molar-refractivity contribution in [2.45, 2.75) is 20.3 Å². The smallest absolute Gasteiger partial charge is 0.340 e. The minimum absolute atomic E-state index is 0.306. The number of hydrogen-bond donors (Lipinski definition) is 0. The number of halogens is 1. The number of fused-ring (bicyclic) bond motifs is 1. The summed E-state index contributed by atoms with van der Waals surface area (Å²) >= 11 is 5.98. The lowest BCUT2D eigenvalue weighted by atomic mass is 10.1. The van der Waals surface area contributed by atoms with E-state index in [4.69, 9.17) is 16.3 Å². The minimum atomic E-state index is -0.306. The fourth-order valence-electron chi connectivity index (χ4n) is 2.71.